The molecule has 0 bridgehead atoms. The Morgan fingerprint density at radius 3 is 2.54 bits per heavy atom. The Bertz CT molecular complexity index is 1640. The molecule has 6 rings (SSSR count). The van der Waals surface area contributed by atoms with E-state index in [9.17, 15) is 19.5 Å². The molecule has 0 radical (unpaired) electrons. The summed E-state index contributed by atoms with van der Waals surface area (Å²) in [5.74, 6) is -0.778. The molecule has 1 aliphatic heterocycles. The van der Waals surface area contributed by atoms with Crippen LogP contribution in [0.1, 0.15) is 60.9 Å². The van der Waals surface area contributed by atoms with Crippen molar-refractivity contribution in [1.82, 2.24) is 15.2 Å². The van der Waals surface area contributed by atoms with Crippen molar-refractivity contribution in [1.29, 1.82) is 0 Å². The van der Waals surface area contributed by atoms with Crippen molar-refractivity contribution in [3.8, 4) is 11.1 Å². The molecule has 2 aliphatic rings. The number of hydrogen-bond donors (Lipinski definition) is 2. The molecule has 2 amide bonds. The molecular weight excluding hydrogens is 514 g/mol. The van der Waals surface area contributed by atoms with Gasteiger partial charge in [0.1, 0.15) is 0 Å². The lowest BCUT2D eigenvalue weighted by molar-refractivity contribution is -0.122. The molecule has 1 aromatic heterocycles. The van der Waals surface area contributed by atoms with Gasteiger partial charge in [-0.15, -0.1) is 0 Å². The van der Waals surface area contributed by atoms with Crippen LogP contribution >= 0.6 is 0 Å². The van der Waals surface area contributed by atoms with Crippen LogP contribution in [0.2, 0.25) is 0 Å². The smallest absolute Gasteiger partial charge is 0.335 e. The summed E-state index contributed by atoms with van der Waals surface area (Å²) >= 11 is 0. The number of pyridine rings is 1. The number of aromatic nitrogens is 1. The number of rotatable bonds is 7. The molecule has 1 aliphatic carbocycles. The Morgan fingerprint density at radius 2 is 1.78 bits per heavy atom. The number of carboxylic acid groups (broad SMARTS) is 1. The van der Waals surface area contributed by atoms with Crippen LogP contribution in [0.15, 0.2) is 85.2 Å². The van der Waals surface area contributed by atoms with E-state index in [1.165, 1.54) is 5.56 Å². The predicted octanol–water partition coefficient (Wildman–Crippen LogP) is 5.37. The van der Waals surface area contributed by atoms with E-state index < -0.39 is 5.97 Å². The molecule has 3 aromatic carbocycles. The highest BCUT2D eigenvalue weighted by molar-refractivity contribution is 5.94. The van der Waals surface area contributed by atoms with Crippen molar-refractivity contribution >= 4 is 17.8 Å². The van der Waals surface area contributed by atoms with Crippen LogP contribution in [0.25, 0.3) is 11.1 Å². The second-order valence-electron chi connectivity index (χ2n) is 10.8. The second-order valence-corrected chi connectivity index (χ2v) is 10.8. The van der Waals surface area contributed by atoms with Crippen molar-refractivity contribution < 1.29 is 19.5 Å². The lowest BCUT2D eigenvalue weighted by Gasteiger charge is -2.32. The summed E-state index contributed by atoms with van der Waals surface area (Å²) in [5, 5.41) is 12.8. The van der Waals surface area contributed by atoms with Crippen LogP contribution in [0, 0.1) is 12.8 Å². The minimum atomic E-state index is -0.959. The molecule has 0 spiro atoms. The molecule has 41 heavy (non-hydrogen) atoms. The number of nitrogens with zero attached hydrogens (tertiary/aromatic N) is 2. The fraction of sp³-hybridized carbons (Fsp3) is 0.235. The molecule has 1 fully saturated rings. The maximum atomic E-state index is 13.3. The van der Waals surface area contributed by atoms with E-state index in [4.69, 9.17) is 0 Å². The van der Waals surface area contributed by atoms with Gasteiger partial charge in [-0.3, -0.25) is 14.6 Å². The molecule has 2 N–H and O–H groups in total. The molecule has 1 saturated carbocycles. The maximum absolute atomic E-state index is 13.3. The average Bonchev–Trinajstić information content (AvgIpc) is 3.81. The van der Waals surface area contributed by atoms with Gasteiger partial charge in [0.25, 0.3) is 5.91 Å². The Labute approximate surface area is 238 Å². The summed E-state index contributed by atoms with van der Waals surface area (Å²) in [6.07, 6.45) is 4.69. The number of aromatic carboxylic acids is 1. The molecule has 2 heterocycles. The van der Waals surface area contributed by atoms with Crippen molar-refractivity contribution in [2.75, 3.05) is 6.54 Å². The van der Waals surface area contributed by atoms with Crippen LogP contribution in [0.5, 0.6) is 0 Å². The number of benzene rings is 3. The topological polar surface area (TPSA) is 99.6 Å². The number of nitrogens with one attached hydrogen (secondary N) is 1. The van der Waals surface area contributed by atoms with Gasteiger partial charge in [-0.25, -0.2) is 4.79 Å². The zero-order chi connectivity index (χ0) is 28.5. The first-order valence-corrected chi connectivity index (χ1v) is 13.9. The van der Waals surface area contributed by atoms with Crippen LogP contribution in [0.4, 0.5) is 0 Å². The Hall–Kier alpha value is -4.78. The Kier molecular flexibility index (Phi) is 7.10. The number of carbonyl (C=O) groups excluding carboxylic acids is 2. The zero-order valence-electron chi connectivity index (χ0n) is 22.8. The summed E-state index contributed by atoms with van der Waals surface area (Å²) in [5.41, 5.74) is 7.60. The second kappa shape index (κ2) is 11.0. The third kappa shape index (κ3) is 5.23. The maximum Gasteiger partial charge on any atom is 0.335 e. The van der Waals surface area contributed by atoms with Gasteiger partial charge >= 0.3 is 5.97 Å². The van der Waals surface area contributed by atoms with Gasteiger partial charge in [-0.1, -0.05) is 54.6 Å². The van der Waals surface area contributed by atoms with Crippen molar-refractivity contribution in [3.05, 3.63) is 124 Å². The summed E-state index contributed by atoms with van der Waals surface area (Å²) in [6, 6.07) is 23.0. The van der Waals surface area contributed by atoms with Gasteiger partial charge in [-0.05, 0) is 82.8 Å². The minimum Gasteiger partial charge on any atom is -0.478 e. The SMILES string of the molecule is Cc1c(C(=O)O)cccc1-c1ccc(CNC(=O)C2CC2c2ccccc2)c2c1CCN(C(=O)c1cccnc1)C2. The Balaban J connectivity index is 1.30. The zero-order valence-corrected chi connectivity index (χ0v) is 22.8. The quantitative estimate of drug-likeness (QED) is 0.325. The van der Waals surface area contributed by atoms with Crippen molar-refractivity contribution in [2.45, 2.75) is 38.8 Å². The molecule has 206 valence electrons. The number of fused-ring (bicyclic) bond motifs is 1. The van der Waals surface area contributed by atoms with Gasteiger partial charge in [0.05, 0.1) is 11.1 Å². The summed E-state index contributed by atoms with van der Waals surface area (Å²) < 4.78 is 0. The van der Waals surface area contributed by atoms with E-state index >= 15 is 0 Å². The van der Waals surface area contributed by atoms with E-state index in [0.29, 0.717) is 37.2 Å². The molecule has 7 heteroatoms. The fourth-order valence-electron chi connectivity index (χ4n) is 6.03. The number of carbonyl (C=O) groups is 3. The van der Waals surface area contributed by atoms with Gasteiger partial charge in [0, 0.05) is 37.9 Å². The van der Waals surface area contributed by atoms with Crippen LogP contribution < -0.4 is 5.32 Å². The predicted molar refractivity (Wildman–Crippen MR) is 155 cm³/mol. The highest BCUT2D eigenvalue weighted by atomic mass is 16.4. The molecule has 0 saturated heterocycles. The van der Waals surface area contributed by atoms with Gasteiger partial charge in [0.2, 0.25) is 5.91 Å². The van der Waals surface area contributed by atoms with Gasteiger partial charge < -0.3 is 15.3 Å². The largest absolute Gasteiger partial charge is 0.478 e. The third-order valence-electron chi connectivity index (χ3n) is 8.37. The average molecular weight is 546 g/mol. The highest BCUT2D eigenvalue weighted by Crippen LogP contribution is 2.47. The standard InChI is InChI=1S/C34H31N3O4/c1-21-25(10-5-11-26(21)34(40)41)27-13-12-23(19-36-32(38)30-17-29(30)22-7-3-2-4-8-22)31-20-37(16-14-28(27)31)33(39)24-9-6-15-35-18-24/h2-13,15,18,29-30H,14,16-17,19-20H2,1H3,(H,36,38)(H,40,41). The van der Waals surface area contributed by atoms with E-state index in [2.05, 4.69) is 22.4 Å². The number of carboxylic acids is 1. The van der Waals surface area contributed by atoms with Gasteiger partial charge in [-0.2, -0.15) is 0 Å². The fourth-order valence-corrected chi connectivity index (χ4v) is 6.03. The first kappa shape index (κ1) is 26.4. The lowest BCUT2D eigenvalue weighted by Crippen LogP contribution is -2.37. The summed E-state index contributed by atoms with van der Waals surface area (Å²) in [7, 11) is 0. The number of amides is 2. The van der Waals surface area contributed by atoms with E-state index in [1.807, 2.05) is 48.2 Å². The van der Waals surface area contributed by atoms with Crippen LogP contribution in [-0.4, -0.2) is 39.3 Å². The normalized spacial score (nSPS) is 17.4. The number of hydrogen-bond acceptors (Lipinski definition) is 4. The monoisotopic (exact) mass is 545 g/mol. The minimum absolute atomic E-state index is 0.0300. The first-order chi connectivity index (χ1) is 19.9. The lowest BCUT2D eigenvalue weighted by atomic mass is 9.85. The molecule has 7 nitrogen and oxygen atoms in total. The summed E-state index contributed by atoms with van der Waals surface area (Å²) in [4.78, 5) is 44.2. The van der Waals surface area contributed by atoms with Gasteiger partial charge in [0.15, 0.2) is 0 Å². The molecule has 4 aromatic rings. The Morgan fingerprint density at radius 1 is 0.951 bits per heavy atom. The highest BCUT2D eigenvalue weighted by Gasteiger charge is 2.43. The first-order valence-electron chi connectivity index (χ1n) is 13.9. The van der Waals surface area contributed by atoms with E-state index in [1.54, 1.807) is 36.7 Å². The van der Waals surface area contributed by atoms with Crippen molar-refractivity contribution in [2.24, 2.45) is 5.92 Å². The molecule has 2 atom stereocenters. The van der Waals surface area contributed by atoms with E-state index in [0.717, 1.165) is 34.2 Å². The molecular formula is C34H31N3O4. The van der Waals surface area contributed by atoms with Crippen LogP contribution in [-0.2, 0) is 24.3 Å². The summed E-state index contributed by atoms with van der Waals surface area (Å²) in [6.45, 7) is 3.12. The molecule has 2 unspecified atom stereocenters. The van der Waals surface area contributed by atoms with E-state index in [-0.39, 0.29) is 29.2 Å². The van der Waals surface area contributed by atoms with Crippen molar-refractivity contribution in [3.63, 3.8) is 0 Å². The van der Waals surface area contributed by atoms with Crippen LogP contribution in [0.3, 0.4) is 0 Å². The third-order valence-corrected chi connectivity index (χ3v) is 8.37.